The molecule has 2 amide bonds. The Bertz CT molecular complexity index is 1360. The Balaban J connectivity index is 1.84. The summed E-state index contributed by atoms with van der Waals surface area (Å²) in [6.07, 6.45) is 0.585. The first-order valence-electron chi connectivity index (χ1n) is 13.3. The number of rotatable bonds is 12. The van der Waals surface area contributed by atoms with Crippen LogP contribution in [-0.4, -0.2) is 54.6 Å². The van der Waals surface area contributed by atoms with Crippen LogP contribution in [0.4, 0.5) is 4.39 Å². The maximum absolute atomic E-state index is 13.7. The van der Waals surface area contributed by atoms with Crippen LogP contribution in [0.2, 0.25) is 0 Å². The average Bonchev–Trinajstić information content (AvgIpc) is 2.91. The molecule has 1 atom stereocenters. The minimum absolute atomic E-state index is 0.0317. The van der Waals surface area contributed by atoms with Gasteiger partial charge in [-0.25, -0.2) is 17.1 Å². The summed E-state index contributed by atoms with van der Waals surface area (Å²) in [5.41, 5.74) is 1.05. The zero-order valence-corrected chi connectivity index (χ0v) is 24.3. The van der Waals surface area contributed by atoms with Gasteiger partial charge in [0.2, 0.25) is 21.8 Å². The zero-order valence-electron chi connectivity index (χ0n) is 23.5. The number of carbonyl (C=O) groups is 2. The summed E-state index contributed by atoms with van der Waals surface area (Å²) < 4.78 is 40.6. The van der Waals surface area contributed by atoms with Crippen LogP contribution >= 0.6 is 0 Å². The second-order valence-electron chi connectivity index (χ2n) is 10.8. The van der Waals surface area contributed by atoms with Crippen LogP contribution in [0, 0.1) is 5.82 Å². The molecule has 0 bridgehead atoms. The molecule has 0 saturated carbocycles. The molecular formula is C31H38FN3O4S. The third-order valence-corrected chi connectivity index (χ3v) is 8.22. The molecule has 3 aromatic carbocycles. The lowest BCUT2D eigenvalue weighted by molar-refractivity contribution is -0.142. The Labute approximate surface area is 237 Å². The SMILES string of the molecule is CN(CCCC(=O)N(Cc1ccc(F)cc1)[C@@H](Cc1ccccc1)C(=O)NC(C)(C)C)S(=O)(=O)c1ccccc1. The summed E-state index contributed by atoms with van der Waals surface area (Å²) in [5, 5.41) is 3.00. The van der Waals surface area contributed by atoms with E-state index in [-0.39, 0.29) is 49.1 Å². The normalized spacial score (nSPS) is 12.7. The van der Waals surface area contributed by atoms with Gasteiger partial charge in [-0.1, -0.05) is 60.7 Å². The highest BCUT2D eigenvalue weighted by atomic mass is 32.2. The summed E-state index contributed by atoms with van der Waals surface area (Å²) in [6.45, 7) is 5.86. The van der Waals surface area contributed by atoms with E-state index in [1.807, 2.05) is 51.1 Å². The van der Waals surface area contributed by atoms with Gasteiger partial charge in [-0.15, -0.1) is 0 Å². The molecule has 0 heterocycles. The van der Waals surface area contributed by atoms with Crippen molar-refractivity contribution in [1.82, 2.24) is 14.5 Å². The van der Waals surface area contributed by atoms with Crippen molar-refractivity contribution in [2.24, 2.45) is 0 Å². The third-order valence-electron chi connectivity index (χ3n) is 6.35. The first-order valence-corrected chi connectivity index (χ1v) is 14.7. The highest BCUT2D eigenvalue weighted by Crippen LogP contribution is 2.19. The van der Waals surface area contributed by atoms with Gasteiger partial charge in [0.1, 0.15) is 11.9 Å². The topological polar surface area (TPSA) is 86.8 Å². The number of hydrogen-bond donors (Lipinski definition) is 1. The molecule has 214 valence electrons. The fourth-order valence-corrected chi connectivity index (χ4v) is 5.51. The largest absolute Gasteiger partial charge is 0.350 e. The number of halogens is 1. The van der Waals surface area contributed by atoms with Gasteiger partial charge in [0.05, 0.1) is 4.90 Å². The molecule has 3 rings (SSSR count). The van der Waals surface area contributed by atoms with E-state index >= 15 is 0 Å². The van der Waals surface area contributed by atoms with Crippen LogP contribution in [0.1, 0.15) is 44.7 Å². The van der Waals surface area contributed by atoms with E-state index in [4.69, 9.17) is 0 Å². The van der Waals surface area contributed by atoms with Gasteiger partial charge >= 0.3 is 0 Å². The molecule has 0 spiro atoms. The fraction of sp³-hybridized carbons (Fsp3) is 0.355. The smallest absolute Gasteiger partial charge is 0.243 e. The van der Waals surface area contributed by atoms with E-state index in [0.29, 0.717) is 5.56 Å². The van der Waals surface area contributed by atoms with E-state index in [2.05, 4.69) is 5.32 Å². The predicted octanol–water partition coefficient (Wildman–Crippen LogP) is 4.78. The molecule has 0 aromatic heterocycles. The summed E-state index contributed by atoms with van der Waals surface area (Å²) >= 11 is 0. The molecule has 0 aliphatic rings. The highest BCUT2D eigenvalue weighted by molar-refractivity contribution is 7.89. The molecule has 3 aromatic rings. The Hall–Kier alpha value is -3.56. The Morgan fingerprint density at radius 3 is 2.02 bits per heavy atom. The molecule has 1 N–H and O–H groups in total. The molecule has 7 nitrogen and oxygen atoms in total. The van der Waals surface area contributed by atoms with Crippen molar-refractivity contribution in [3.05, 3.63) is 102 Å². The second-order valence-corrected chi connectivity index (χ2v) is 12.9. The minimum atomic E-state index is -3.69. The van der Waals surface area contributed by atoms with E-state index < -0.39 is 27.4 Å². The number of hydrogen-bond acceptors (Lipinski definition) is 4. The van der Waals surface area contributed by atoms with Crippen molar-refractivity contribution in [3.8, 4) is 0 Å². The summed E-state index contributed by atoms with van der Waals surface area (Å²) in [6, 6.07) is 22.6. The maximum Gasteiger partial charge on any atom is 0.243 e. The number of amides is 2. The van der Waals surface area contributed by atoms with Crippen LogP contribution in [-0.2, 0) is 32.6 Å². The number of sulfonamides is 1. The highest BCUT2D eigenvalue weighted by Gasteiger charge is 2.32. The van der Waals surface area contributed by atoms with Crippen LogP contribution < -0.4 is 5.32 Å². The van der Waals surface area contributed by atoms with Crippen LogP contribution in [0.25, 0.3) is 0 Å². The monoisotopic (exact) mass is 567 g/mol. The van der Waals surface area contributed by atoms with Crippen molar-refractivity contribution in [1.29, 1.82) is 0 Å². The number of carbonyl (C=O) groups excluding carboxylic acids is 2. The van der Waals surface area contributed by atoms with E-state index in [1.165, 1.54) is 40.5 Å². The zero-order chi connectivity index (χ0) is 29.3. The van der Waals surface area contributed by atoms with Gasteiger partial charge in [-0.3, -0.25) is 9.59 Å². The fourth-order valence-electron chi connectivity index (χ4n) is 4.28. The van der Waals surface area contributed by atoms with Crippen molar-refractivity contribution < 1.29 is 22.4 Å². The maximum atomic E-state index is 13.7. The molecule has 9 heteroatoms. The lowest BCUT2D eigenvalue weighted by Crippen LogP contribution is -2.54. The van der Waals surface area contributed by atoms with Crippen molar-refractivity contribution in [3.63, 3.8) is 0 Å². The van der Waals surface area contributed by atoms with Gasteiger partial charge in [0.15, 0.2) is 0 Å². The molecular weight excluding hydrogens is 529 g/mol. The first kappa shape index (κ1) is 31.0. The van der Waals surface area contributed by atoms with E-state index in [0.717, 1.165) is 5.56 Å². The number of nitrogens with zero attached hydrogens (tertiary/aromatic N) is 2. The van der Waals surface area contributed by atoms with Gasteiger partial charge in [0.25, 0.3) is 0 Å². The van der Waals surface area contributed by atoms with Gasteiger partial charge in [0, 0.05) is 38.5 Å². The molecule has 40 heavy (non-hydrogen) atoms. The first-order chi connectivity index (χ1) is 18.9. The molecule has 0 aliphatic carbocycles. The van der Waals surface area contributed by atoms with Crippen LogP contribution in [0.5, 0.6) is 0 Å². The summed E-state index contributed by atoms with van der Waals surface area (Å²) in [7, 11) is -2.21. The summed E-state index contributed by atoms with van der Waals surface area (Å²) in [4.78, 5) is 29.0. The number of nitrogens with one attached hydrogen (secondary N) is 1. The van der Waals surface area contributed by atoms with Gasteiger partial charge < -0.3 is 10.2 Å². The van der Waals surface area contributed by atoms with Crippen molar-refractivity contribution in [2.45, 2.75) is 63.1 Å². The lowest BCUT2D eigenvalue weighted by Gasteiger charge is -2.34. The Kier molecular flexibility index (Phi) is 10.6. The molecule has 0 fully saturated rings. The molecule has 0 aliphatic heterocycles. The van der Waals surface area contributed by atoms with Gasteiger partial charge in [-0.2, -0.15) is 0 Å². The molecule has 0 saturated heterocycles. The molecule has 0 unspecified atom stereocenters. The second kappa shape index (κ2) is 13.7. The van der Waals surface area contributed by atoms with Gasteiger partial charge in [-0.05, 0) is 62.6 Å². The van der Waals surface area contributed by atoms with E-state index in [1.54, 1.807) is 30.3 Å². The molecule has 0 radical (unpaired) electrons. The lowest BCUT2D eigenvalue weighted by atomic mass is 10.00. The van der Waals surface area contributed by atoms with Crippen LogP contribution in [0.15, 0.2) is 89.8 Å². The average molecular weight is 568 g/mol. The Morgan fingerprint density at radius 1 is 0.875 bits per heavy atom. The predicted molar refractivity (Wildman–Crippen MR) is 154 cm³/mol. The van der Waals surface area contributed by atoms with E-state index in [9.17, 15) is 22.4 Å². The Morgan fingerprint density at radius 2 is 1.45 bits per heavy atom. The van der Waals surface area contributed by atoms with Crippen molar-refractivity contribution >= 4 is 21.8 Å². The minimum Gasteiger partial charge on any atom is -0.350 e. The third kappa shape index (κ3) is 8.99. The standard InChI is InChI=1S/C31H38FN3O4S/c1-31(2,3)33-30(37)28(22-24-12-7-5-8-13-24)35(23-25-17-19-26(32)20-18-25)29(36)16-11-21-34(4)40(38,39)27-14-9-6-10-15-27/h5-10,12-15,17-20,28H,11,16,21-23H2,1-4H3,(H,33,37)/t28-/m0/s1. The number of benzene rings is 3. The summed E-state index contributed by atoms with van der Waals surface area (Å²) in [5.74, 6) is -0.981. The van der Waals surface area contributed by atoms with Crippen LogP contribution in [0.3, 0.4) is 0 Å². The quantitative estimate of drug-likeness (QED) is 0.341. The van der Waals surface area contributed by atoms with Crippen molar-refractivity contribution in [2.75, 3.05) is 13.6 Å².